The van der Waals surface area contributed by atoms with Gasteiger partial charge in [-0.1, -0.05) is 40.2 Å². The van der Waals surface area contributed by atoms with Crippen molar-refractivity contribution in [1.29, 1.82) is 0 Å². The lowest BCUT2D eigenvalue weighted by Gasteiger charge is -2.66. The maximum atomic E-state index is 13.0. The number of carboxylic acid groups (broad SMARTS) is 1. The van der Waals surface area contributed by atoms with E-state index in [1.807, 2.05) is 6.08 Å². The van der Waals surface area contributed by atoms with Crippen LogP contribution in [-0.2, 0) is 24.2 Å². The van der Waals surface area contributed by atoms with Crippen LogP contribution in [0.4, 0.5) is 0 Å². The number of rotatable bonds is 7. The molecule has 3 fully saturated rings. The molecular weight excluding hydrogens is 494 g/mol. The van der Waals surface area contributed by atoms with E-state index in [2.05, 4.69) is 27.7 Å². The third-order valence-corrected chi connectivity index (χ3v) is 11.1. The lowest BCUT2D eigenvalue weighted by Crippen LogP contribution is -2.58. The molecule has 0 aromatic carbocycles. The van der Waals surface area contributed by atoms with E-state index >= 15 is 0 Å². The Morgan fingerprint density at radius 2 is 1.86 bits per heavy atom. The summed E-state index contributed by atoms with van der Waals surface area (Å²) in [4.78, 5) is 25.8. The largest absolute Gasteiger partial charge is 0.480 e. The number of fused-ring (bicyclic) bond motifs is 3. The maximum absolute atomic E-state index is 13.0. The monoisotopic (exact) mass is 537 g/mol. The van der Waals surface area contributed by atoms with E-state index in [0.29, 0.717) is 42.1 Å². The van der Waals surface area contributed by atoms with E-state index in [-0.39, 0.29) is 29.2 Å². The summed E-state index contributed by atoms with van der Waals surface area (Å²) in [5.74, 6) is -0.175. The van der Waals surface area contributed by atoms with Crippen molar-refractivity contribution in [2.75, 3.05) is 6.54 Å². The predicted octanol–water partition coefficient (Wildman–Crippen LogP) is 5.37. The lowest BCUT2D eigenvalue weighted by molar-refractivity contribution is -0.154. The number of hydrogen-bond acceptors (Lipinski definition) is 5. The van der Waals surface area contributed by atoms with Gasteiger partial charge < -0.3 is 14.2 Å². The second-order valence-corrected chi connectivity index (χ2v) is 14.1. The molecule has 3 aliphatic carbocycles. The van der Waals surface area contributed by atoms with E-state index in [4.69, 9.17) is 4.18 Å². The highest BCUT2D eigenvalue weighted by molar-refractivity contribution is 7.81. The SMILES string of the molecule is CC(C(=O)O)N1CC=C(CCC2C(=COS(=O)(=O)O)CCC3C2(C)CCC2C(C)(C)CCCC23C)C1=O. The first-order valence-electron chi connectivity index (χ1n) is 13.7. The second kappa shape index (κ2) is 9.70. The van der Waals surface area contributed by atoms with Gasteiger partial charge in [-0.15, -0.1) is 0 Å². The molecule has 0 aromatic heterocycles. The summed E-state index contributed by atoms with van der Waals surface area (Å²) in [5, 5.41) is 9.35. The van der Waals surface area contributed by atoms with Gasteiger partial charge in [0.25, 0.3) is 5.91 Å². The highest BCUT2D eigenvalue weighted by Gasteiger charge is 2.61. The molecule has 37 heavy (non-hydrogen) atoms. The molecule has 8 nitrogen and oxygen atoms in total. The summed E-state index contributed by atoms with van der Waals surface area (Å²) in [6, 6.07) is -0.888. The van der Waals surface area contributed by atoms with Crippen molar-refractivity contribution >= 4 is 22.3 Å². The summed E-state index contributed by atoms with van der Waals surface area (Å²) in [6.45, 7) is 11.4. The van der Waals surface area contributed by atoms with Crippen molar-refractivity contribution in [1.82, 2.24) is 4.90 Å². The van der Waals surface area contributed by atoms with E-state index in [0.717, 1.165) is 24.8 Å². The fraction of sp³-hybridized carbons (Fsp3) is 0.786. The van der Waals surface area contributed by atoms with Crippen LogP contribution in [0.25, 0.3) is 0 Å². The molecule has 1 aliphatic heterocycles. The van der Waals surface area contributed by atoms with Crippen molar-refractivity contribution in [3.63, 3.8) is 0 Å². The van der Waals surface area contributed by atoms with Gasteiger partial charge in [0.2, 0.25) is 0 Å². The fourth-order valence-electron chi connectivity index (χ4n) is 8.99. The van der Waals surface area contributed by atoms with E-state index in [1.165, 1.54) is 37.3 Å². The number of allylic oxidation sites excluding steroid dienone is 1. The Morgan fingerprint density at radius 3 is 2.51 bits per heavy atom. The van der Waals surface area contributed by atoms with Crippen LogP contribution >= 0.6 is 0 Å². The average molecular weight is 538 g/mol. The summed E-state index contributed by atoms with van der Waals surface area (Å²) < 4.78 is 36.8. The van der Waals surface area contributed by atoms with Gasteiger partial charge in [0.05, 0.1) is 0 Å². The van der Waals surface area contributed by atoms with Crippen molar-refractivity contribution in [2.45, 2.75) is 98.4 Å². The summed E-state index contributed by atoms with van der Waals surface area (Å²) >= 11 is 0. The second-order valence-electron chi connectivity index (χ2n) is 13.0. The third-order valence-electron chi connectivity index (χ3n) is 10.7. The summed E-state index contributed by atoms with van der Waals surface area (Å²) in [7, 11) is -4.61. The van der Waals surface area contributed by atoms with Crippen LogP contribution in [0.3, 0.4) is 0 Å². The first-order chi connectivity index (χ1) is 17.1. The van der Waals surface area contributed by atoms with Crippen molar-refractivity contribution in [3.05, 3.63) is 23.5 Å². The van der Waals surface area contributed by atoms with Gasteiger partial charge in [-0.25, -0.2) is 4.79 Å². The van der Waals surface area contributed by atoms with Crippen LogP contribution in [0.5, 0.6) is 0 Å². The minimum Gasteiger partial charge on any atom is -0.480 e. The molecule has 0 saturated heterocycles. The highest BCUT2D eigenvalue weighted by atomic mass is 32.3. The van der Waals surface area contributed by atoms with Crippen LogP contribution in [0.2, 0.25) is 0 Å². The quantitative estimate of drug-likeness (QED) is 0.331. The molecule has 0 spiro atoms. The number of aliphatic carboxylic acids is 1. The maximum Gasteiger partial charge on any atom is 0.445 e. The predicted molar refractivity (Wildman–Crippen MR) is 140 cm³/mol. The molecule has 2 N–H and O–H groups in total. The zero-order valence-corrected chi connectivity index (χ0v) is 23.6. The number of carbonyl (C=O) groups is 2. The Kier molecular flexibility index (Phi) is 7.38. The Labute approximate surface area is 221 Å². The Hall–Kier alpha value is -1.87. The van der Waals surface area contributed by atoms with Crippen LogP contribution in [0.1, 0.15) is 92.4 Å². The Balaban J connectivity index is 1.62. The molecule has 9 heteroatoms. The summed E-state index contributed by atoms with van der Waals surface area (Å²) in [5.41, 5.74) is 1.88. The number of carbonyl (C=O) groups excluding carboxylic acids is 1. The zero-order valence-electron chi connectivity index (χ0n) is 22.8. The normalized spacial score (nSPS) is 37.5. The van der Waals surface area contributed by atoms with Crippen LogP contribution in [-0.4, -0.2) is 47.4 Å². The molecular formula is C28H43NO7S. The van der Waals surface area contributed by atoms with Crippen LogP contribution in [0, 0.1) is 34.0 Å². The number of carboxylic acids is 1. The molecule has 0 radical (unpaired) electrons. The minimum absolute atomic E-state index is 0.00420. The van der Waals surface area contributed by atoms with Gasteiger partial charge >= 0.3 is 16.4 Å². The van der Waals surface area contributed by atoms with Gasteiger partial charge in [0.15, 0.2) is 0 Å². The van der Waals surface area contributed by atoms with Crippen molar-refractivity contribution in [3.8, 4) is 0 Å². The fourth-order valence-corrected chi connectivity index (χ4v) is 9.24. The van der Waals surface area contributed by atoms with Gasteiger partial charge in [-0.05, 0) is 97.9 Å². The molecule has 1 amide bonds. The van der Waals surface area contributed by atoms with Crippen molar-refractivity contribution in [2.24, 2.45) is 34.0 Å². The number of amides is 1. The molecule has 208 valence electrons. The molecule has 4 aliphatic rings. The standard InChI is InChI=1S/C28H43NO7S/c1-18(25(31)32)29-16-12-19(24(29)30)7-9-21-20(17-36-37(33,34)35)8-10-23-27(21,4)15-11-22-26(2,3)13-6-14-28(22,23)5/h12,17-18,21-23H,6-11,13-16H2,1-5H3,(H,31,32)(H,33,34,35). The highest BCUT2D eigenvalue weighted by Crippen LogP contribution is 2.69. The minimum atomic E-state index is -4.61. The molecule has 0 bridgehead atoms. The molecule has 1 heterocycles. The molecule has 0 aromatic rings. The Morgan fingerprint density at radius 1 is 1.16 bits per heavy atom. The van der Waals surface area contributed by atoms with Gasteiger partial charge in [0, 0.05) is 12.1 Å². The molecule has 6 unspecified atom stereocenters. The molecule has 6 atom stereocenters. The van der Waals surface area contributed by atoms with E-state index in [9.17, 15) is 27.7 Å². The van der Waals surface area contributed by atoms with Gasteiger partial charge in [-0.3, -0.25) is 9.35 Å². The van der Waals surface area contributed by atoms with E-state index in [1.54, 1.807) is 0 Å². The Bertz CT molecular complexity index is 1110. The molecule has 3 saturated carbocycles. The zero-order chi connectivity index (χ0) is 27.4. The van der Waals surface area contributed by atoms with Crippen LogP contribution in [0.15, 0.2) is 23.5 Å². The van der Waals surface area contributed by atoms with Gasteiger partial charge in [-0.2, -0.15) is 8.42 Å². The summed E-state index contributed by atoms with van der Waals surface area (Å²) in [6.07, 6.45) is 11.6. The smallest absolute Gasteiger partial charge is 0.445 e. The van der Waals surface area contributed by atoms with E-state index < -0.39 is 22.4 Å². The lowest BCUT2D eigenvalue weighted by atomic mass is 9.39. The average Bonchev–Trinajstić information content (AvgIpc) is 3.14. The van der Waals surface area contributed by atoms with Crippen molar-refractivity contribution < 1.29 is 31.8 Å². The first-order valence-corrected chi connectivity index (χ1v) is 15.0. The molecule has 4 rings (SSSR count). The third kappa shape index (κ3) is 5.10. The topological polar surface area (TPSA) is 121 Å². The van der Waals surface area contributed by atoms with Crippen LogP contribution < -0.4 is 0 Å². The van der Waals surface area contributed by atoms with Gasteiger partial charge in [0.1, 0.15) is 12.3 Å². The number of nitrogens with zero attached hydrogens (tertiary/aromatic N) is 1. The number of hydrogen-bond donors (Lipinski definition) is 2. The first kappa shape index (κ1) is 28.1.